The van der Waals surface area contributed by atoms with E-state index in [0.717, 1.165) is 30.6 Å². The van der Waals surface area contributed by atoms with E-state index >= 15 is 0 Å². The molecule has 1 rings (SSSR count). The van der Waals surface area contributed by atoms with E-state index in [1.807, 2.05) is 30.1 Å². The zero-order chi connectivity index (χ0) is 10.2. The predicted octanol–water partition coefficient (Wildman–Crippen LogP) is 2.13. The third-order valence-corrected chi connectivity index (χ3v) is 2.78. The second-order valence-corrected chi connectivity index (χ2v) is 4.34. The van der Waals surface area contributed by atoms with Crippen molar-refractivity contribution in [2.24, 2.45) is 0 Å². The highest BCUT2D eigenvalue weighted by Crippen LogP contribution is 2.08. The molecule has 0 amide bonds. The molecule has 1 N–H and O–H groups in total. The molecule has 78 valence electrons. The highest BCUT2D eigenvalue weighted by atomic mass is 32.2. The second kappa shape index (κ2) is 6.85. The average Bonchev–Trinajstić information content (AvgIpc) is 2.20. The quantitative estimate of drug-likeness (QED) is 0.732. The van der Waals surface area contributed by atoms with E-state index in [0.29, 0.717) is 0 Å². The molecule has 1 aromatic heterocycles. The van der Waals surface area contributed by atoms with Gasteiger partial charge in [-0.2, -0.15) is 11.8 Å². The summed E-state index contributed by atoms with van der Waals surface area (Å²) in [5.74, 6) is 1.13. The minimum absolute atomic E-state index is 0.216. The summed E-state index contributed by atoms with van der Waals surface area (Å²) in [4.78, 5) is 4.02. The number of rotatable bonds is 6. The molecule has 0 radical (unpaired) electrons. The molecule has 1 atom stereocenters. The molecule has 0 aliphatic carbocycles. The lowest BCUT2D eigenvalue weighted by atomic mass is 10.1. The summed E-state index contributed by atoms with van der Waals surface area (Å²) in [6.45, 7) is 0. The van der Waals surface area contributed by atoms with Crippen LogP contribution < -0.4 is 0 Å². The summed E-state index contributed by atoms with van der Waals surface area (Å²) in [5.41, 5.74) is 1.11. The fourth-order valence-electron chi connectivity index (χ4n) is 1.36. The second-order valence-electron chi connectivity index (χ2n) is 3.35. The predicted molar refractivity (Wildman–Crippen MR) is 61.6 cm³/mol. The van der Waals surface area contributed by atoms with Crippen LogP contribution in [0.1, 0.15) is 18.4 Å². The number of pyridine rings is 1. The number of aliphatic hydroxyl groups excluding tert-OH is 1. The maximum atomic E-state index is 9.69. The fraction of sp³-hybridized carbons (Fsp3) is 0.545. The summed E-state index contributed by atoms with van der Waals surface area (Å²) < 4.78 is 0. The monoisotopic (exact) mass is 211 g/mol. The Morgan fingerprint density at radius 3 is 3.07 bits per heavy atom. The van der Waals surface area contributed by atoms with E-state index < -0.39 is 0 Å². The Labute approximate surface area is 89.8 Å². The minimum atomic E-state index is -0.216. The molecule has 1 aromatic rings. The van der Waals surface area contributed by atoms with Gasteiger partial charge in [0.05, 0.1) is 6.10 Å². The van der Waals surface area contributed by atoms with Gasteiger partial charge in [-0.05, 0) is 42.9 Å². The van der Waals surface area contributed by atoms with E-state index in [-0.39, 0.29) is 6.10 Å². The third kappa shape index (κ3) is 4.63. The van der Waals surface area contributed by atoms with Gasteiger partial charge in [-0.15, -0.1) is 0 Å². The van der Waals surface area contributed by atoms with Crippen LogP contribution in [0.25, 0.3) is 0 Å². The van der Waals surface area contributed by atoms with Crippen molar-refractivity contribution < 1.29 is 5.11 Å². The molecule has 1 heterocycles. The van der Waals surface area contributed by atoms with Gasteiger partial charge in [-0.1, -0.05) is 6.07 Å². The lowest BCUT2D eigenvalue weighted by Gasteiger charge is -2.09. The van der Waals surface area contributed by atoms with Crippen molar-refractivity contribution in [3.8, 4) is 0 Å². The Hall–Kier alpha value is -0.540. The smallest absolute Gasteiger partial charge is 0.0581 e. The van der Waals surface area contributed by atoms with Crippen molar-refractivity contribution in [2.75, 3.05) is 12.0 Å². The van der Waals surface area contributed by atoms with Gasteiger partial charge in [0.25, 0.3) is 0 Å². The Morgan fingerprint density at radius 2 is 2.43 bits per heavy atom. The molecule has 2 nitrogen and oxygen atoms in total. The summed E-state index contributed by atoms with van der Waals surface area (Å²) >= 11 is 1.83. The van der Waals surface area contributed by atoms with Gasteiger partial charge in [0.1, 0.15) is 0 Å². The molecule has 1 unspecified atom stereocenters. The summed E-state index contributed by atoms with van der Waals surface area (Å²) in [5, 5.41) is 9.69. The van der Waals surface area contributed by atoms with Gasteiger partial charge < -0.3 is 5.11 Å². The van der Waals surface area contributed by atoms with E-state index in [4.69, 9.17) is 0 Å². The largest absolute Gasteiger partial charge is 0.393 e. The molecule has 0 aliphatic heterocycles. The number of aromatic nitrogens is 1. The summed E-state index contributed by atoms with van der Waals surface area (Å²) in [7, 11) is 0. The van der Waals surface area contributed by atoms with Crippen LogP contribution >= 0.6 is 11.8 Å². The minimum Gasteiger partial charge on any atom is -0.393 e. The van der Waals surface area contributed by atoms with Crippen LogP contribution in [-0.4, -0.2) is 28.2 Å². The van der Waals surface area contributed by atoms with Gasteiger partial charge >= 0.3 is 0 Å². The lowest BCUT2D eigenvalue weighted by Crippen LogP contribution is -2.10. The van der Waals surface area contributed by atoms with Gasteiger partial charge in [-0.25, -0.2) is 0 Å². The van der Waals surface area contributed by atoms with Crippen LogP contribution in [0.3, 0.4) is 0 Å². The molecule has 0 aliphatic rings. The lowest BCUT2D eigenvalue weighted by molar-refractivity contribution is 0.164. The maximum Gasteiger partial charge on any atom is 0.0581 e. The summed E-state index contributed by atoms with van der Waals surface area (Å²) in [6, 6.07) is 3.91. The zero-order valence-electron chi connectivity index (χ0n) is 8.52. The normalized spacial score (nSPS) is 12.7. The molecule has 14 heavy (non-hydrogen) atoms. The van der Waals surface area contributed by atoms with E-state index in [2.05, 4.69) is 11.2 Å². The van der Waals surface area contributed by atoms with Crippen molar-refractivity contribution in [1.29, 1.82) is 0 Å². The third-order valence-electron chi connectivity index (χ3n) is 2.08. The molecule has 0 fully saturated rings. The first-order chi connectivity index (χ1) is 6.83. The molecule has 3 heteroatoms. The van der Waals surface area contributed by atoms with E-state index in [1.54, 1.807) is 6.20 Å². The van der Waals surface area contributed by atoms with Gasteiger partial charge in [0.2, 0.25) is 0 Å². The molecule has 0 spiro atoms. The van der Waals surface area contributed by atoms with E-state index in [9.17, 15) is 5.11 Å². The number of nitrogens with zero attached hydrogens (tertiary/aromatic N) is 1. The van der Waals surface area contributed by atoms with Crippen LogP contribution in [0.4, 0.5) is 0 Å². The zero-order valence-corrected chi connectivity index (χ0v) is 9.33. The molecule has 0 saturated heterocycles. The van der Waals surface area contributed by atoms with Crippen molar-refractivity contribution in [1.82, 2.24) is 4.98 Å². The Morgan fingerprint density at radius 1 is 1.57 bits per heavy atom. The molecule has 0 bridgehead atoms. The molecular formula is C11H17NOS. The van der Waals surface area contributed by atoms with Gasteiger partial charge in [0.15, 0.2) is 0 Å². The van der Waals surface area contributed by atoms with Crippen molar-refractivity contribution in [3.63, 3.8) is 0 Å². The average molecular weight is 211 g/mol. The number of thioether (sulfide) groups is 1. The Balaban J connectivity index is 2.23. The molecule has 0 aromatic carbocycles. The van der Waals surface area contributed by atoms with E-state index in [1.165, 1.54) is 0 Å². The Kier molecular flexibility index (Phi) is 5.64. The topological polar surface area (TPSA) is 33.1 Å². The van der Waals surface area contributed by atoms with Crippen LogP contribution in [0.5, 0.6) is 0 Å². The maximum absolute atomic E-state index is 9.69. The highest BCUT2D eigenvalue weighted by molar-refractivity contribution is 7.98. The van der Waals surface area contributed by atoms with Crippen molar-refractivity contribution in [2.45, 2.75) is 25.4 Å². The van der Waals surface area contributed by atoms with Gasteiger partial charge in [0, 0.05) is 12.4 Å². The van der Waals surface area contributed by atoms with Crippen molar-refractivity contribution >= 4 is 11.8 Å². The SMILES string of the molecule is CSCCCC(O)Cc1cccnc1. The van der Waals surface area contributed by atoms with Crippen LogP contribution in [0.15, 0.2) is 24.5 Å². The standard InChI is InChI=1S/C11H17NOS/c1-14-7-3-5-11(13)8-10-4-2-6-12-9-10/h2,4,6,9,11,13H,3,5,7-8H2,1H3. The fourth-order valence-corrected chi connectivity index (χ4v) is 1.81. The summed E-state index contributed by atoms with van der Waals surface area (Å²) in [6.07, 6.45) is 8.14. The van der Waals surface area contributed by atoms with Crippen LogP contribution in [0.2, 0.25) is 0 Å². The number of aliphatic hydroxyl groups is 1. The first-order valence-corrected chi connectivity index (χ1v) is 6.28. The Bertz CT molecular complexity index is 240. The number of hydrogen-bond donors (Lipinski definition) is 1. The first-order valence-electron chi connectivity index (χ1n) is 4.89. The van der Waals surface area contributed by atoms with Gasteiger partial charge in [-0.3, -0.25) is 4.98 Å². The van der Waals surface area contributed by atoms with Crippen LogP contribution in [-0.2, 0) is 6.42 Å². The molecular weight excluding hydrogens is 194 g/mol. The molecule has 0 saturated carbocycles. The highest BCUT2D eigenvalue weighted by Gasteiger charge is 2.04. The van der Waals surface area contributed by atoms with Crippen molar-refractivity contribution in [3.05, 3.63) is 30.1 Å². The first kappa shape index (κ1) is 11.5. The van der Waals surface area contributed by atoms with Crippen LogP contribution in [0, 0.1) is 0 Å². The number of hydrogen-bond acceptors (Lipinski definition) is 3.